The van der Waals surface area contributed by atoms with Crippen molar-refractivity contribution in [3.63, 3.8) is 0 Å². The van der Waals surface area contributed by atoms with Crippen molar-refractivity contribution in [2.75, 3.05) is 24.5 Å². The van der Waals surface area contributed by atoms with Crippen LogP contribution in [0.5, 0.6) is 5.75 Å². The van der Waals surface area contributed by atoms with E-state index in [-0.39, 0.29) is 36.8 Å². The number of hydrogen-bond donors (Lipinski definition) is 1. The van der Waals surface area contributed by atoms with Gasteiger partial charge in [0.15, 0.2) is 0 Å². The number of piperidine rings is 2. The Kier molecular flexibility index (Phi) is 9.10. The first kappa shape index (κ1) is 35.5. The Labute approximate surface area is 323 Å². The van der Waals surface area contributed by atoms with Gasteiger partial charge in [0.1, 0.15) is 17.9 Å². The predicted molar refractivity (Wildman–Crippen MR) is 202 cm³/mol. The van der Waals surface area contributed by atoms with E-state index in [2.05, 4.69) is 33.3 Å². The summed E-state index contributed by atoms with van der Waals surface area (Å²) in [4.78, 5) is 72.5. The molecule has 1 aliphatic carbocycles. The number of carbonyl (C=O) groups excluding carboxylic acids is 5. The molecule has 12 nitrogen and oxygen atoms in total. The summed E-state index contributed by atoms with van der Waals surface area (Å²) in [6.45, 7) is 3.98. The quantitative estimate of drug-likeness (QED) is 0.344. The van der Waals surface area contributed by atoms with Gasteiger partial charge < -0.3 is 14.5 Å². The first-order chi connectivity index (χ1) is 26.6. The number of imide groups is 2. The molecule has 3 aromatic rings. The lowest BCUT2D eigenvalue weighted by atomic mass is 9.92. The summed E-state index contributed by atoms with van der Waals surface area (Å²) in [6.07, 6.45) is 6.46. The maximum Gasteiger partial charge on any atom is 0.262 e. The molecule has 2 saturated heterocycles. The third-order valence-corrected chi connectivity index (χ3v) is 12.8. The molecular formula is C42H41ClN6O6. The molecule has 0 bridgehead atoms. The summed E-state index contributed by atoms with van der Waals surface area (Å²) >= 11 is 6.20. The number of hydrogen-bond acceptors (Lipinski definition) is 9. The highest BCUT2D eigenvalue weighted by atomic mass is 35.5. The molecule has 1 atom stereocenters. The Bertz CT molecular complexity index is 2180. The lowest BCUT2D eigenvalue weighted by Gasteiger charge is -2.41. The second kappa shape index (κ2) is 14.1. The van der Waals surface area contributed by atoms with Crippen molar-refractivity contribution >= 4 is 46.8 Å². The lowest BCUT2D eigenvalue weighted by Crippen LogP contribution is -2.54. The zero-order valence-electron chi connectivity index (χ0n) is 30.4. The van der Waals surface area contributed by atoms with Crippen LogP contribution in [-0.4, -0.2) is 88.1 Å². The molecule has 0 radical (unpaired) electrons. The number of fused-ring (bicyclic) bond motifs is 3. The molecule has 1 saturated carbocycles. The number of nitrogens with zero attached hydrogens (tertiary/aromatic N) is 5. The Morgan fingerprint density at radius 2 is 1.45 bits per heavy atom. The van der Waals surface area contributed by atoms with Crippen LogP contribution in [0, 0.1) is 11.3 Å². The van der Waals surface area contributed by atoms with Crippen LogP contribution >= 0.6 is 11.6 Å². The van der Waals surface area contributed by atoms with Crippen molar-refractivity contribution in [3.8, 4) is 11.8 Å². The molecule has 5 heterocycles. The van der Waals surface area contributed by atoms with E-state index < -0.39 is 23.8 Å². The van der Waals surface area contributed by atoms with Gasteiger partial charge in [-0.1, -0.05) is 11.6 Å². The SMILES string of the molecule is N#Cc1ccc(OC2CCC(N3Cc4cc(N5CCC(N6CCc7cc8c(cc7C6)C(=O)N(C6CCC(=O)NC6=O)C8=O)CC5)ccc4C3=O)CC2)cc1Cl. The number of rotatable bonds is 6. The van der Waals surface area contributed by atoms with Crippen LogP contribution in [0.15, 0.2) is 48.5 Å². The standard InChI is InChI=1S/C42H41ClN6O6/c43-36-20-32(5-1-25(36)21-44)55-31-6-2-29(3-7-31)48-23-27-17-30(4-8-33(27)40(48)52)46-15-12-28(13-16-46)47-14-11-24-18-34-35(19-26(24)22-47)42(54)49(41(34)53)37-9-10-38(50)45-39(37)51/h1,4-5,8,17-20,28-29,31,37H,2-3,6-7,9-16,22-23H2,(H,45,50,51). The molecule has 1 N–H and O–H groups in total. The van der Waals surface area contributed by atoms with Gasteiger partial charge in [-0.2, -0.15) is 5.26 Å². The molecule has 5 amide bonds. The van der Waals surface area contributed by atoms with E-state index in [4.69, 9.17) is 21.6 Å². The number of nitriles is 1. The number of benzene rings is 3. The van der Waals surface area contributed by atoms with E-state index in [0.29, 0.717) is 46.6 Å². The van der Waals surface area contributed by atoms with Crippen LogP contribution in [0.1, 0.15) is 105 Å². The second-order valence-electron chi connectivity index (χ2n) is 15.6. The van der Waals surface area contributed by atoms with Crippen molar-refractivity contribution in [1.29, 1.82) is 5.26 Å². The van der Waals surface area contributed by atoms with Crippen LogP contribution < -0.4 is 15.0 Å². The van der Waals surface area contributed by atoms with E-state index >= 15 is 0 Å². The van der Waals surface area contributed by atoms with Gasteiger partial charge in [-0.3, -0.25) is 39.1 Å². The molecule has 13 heteroatoms. The van der Waals surface area contributed by atoms with Crippen LogP contribution in [0.3, 0.4) is 0 Å². The fraction of sp³-hybridized carbons (Fsp3) is 0.429. The van der Waals surface area contributed by atoms with Crippen molar-refractivity contribution in [2.45, 2.75) is 95.1 Å². The highest BCUT2D eigenvalue weighted by Gasteiger charge is 2.45. The normalized spacial score (nSPS) is 24.4. The third kappa shape index (κ3) is 6.43. The number of ether oxygens (including phenoxy) is 1. The first-order valence-electron chi connectivity index (χ1n) is 19.3. The van der Waals surface area contributed by atoms with Crippen LogP contribution in [0.2, 0.25) is 5.02 Å². The Morgan fingerprint density at radius 1 is 0.709 bits per heavy atom. The van der Waals surface area contributed by atoms with E-state index in [9.17, 15) is 24.0 Å². The topological polar surface area (TPSA) is 143 Å². The van der Waals surface area contributed by atoms with E-state index in [1.807, 2.05) is 23.1 Å². The summed E-state index contributed by atoms with van der Waals surface area (Å²) in [5.41, 5.74) is 6.25. The molecule has 3 fully saturated rings. The maximum absolute atomic E-state index is 13.5. The number of carbonyl (C=O) groups is 5. The van der Waals surface area contributed by atoms with Gasteiger partial charge in [0, 0.05) is 68.5 Å². The average Bonchev–Trinajstić information content (AvgIpc) is 3.65. The Morgan fingerprint density at radius 3 is 2.16 bits per heavy atom. The van der Waals surface area contributed by atoms with Gasteiger partial charge in [0.05, 0.1) is 27.8 Å². The molecule has 0 spiro atoms. The highest BCUT2D eigenvalue weighted by molar-refractivity contribution is 6.31. The van der Waals surface area contributed by atoms with Gasteiger partial charge in [0.2, 0.25) is 11.8 Å². The Balaban J connectivity index is 0.790. The highest BCUT2D eigenvalue weighted by Crippen LogP contribution is 2.37. The zero-order chi connectivity index (χ0) is 38.0. The first-order valence-corrected chi connectivity index (χ1v) is 19.7. The molecule has 282 valence electrons. The van der Waals surface area contributed by atoms with Crippen molar-refractivity contribution in [3.05, 3.63) is 92.5 Å². The monoisotopic (exact) mass is 760 g/mol. The van der Waals surface area contributed by atoms with Crippen LogP contribution in [-0.2, 0) is 29.1 Å². The number of nitrogens with one attached hydrogen (secondary N) is 1. The van der Waals surface area contributed by atoms with Gasteiger partial charge in [-0.15, -0.1) is 0 Å². The van der Waals surface area contributed by atoms with Crippen molar-refractivity contribution in [2.24, 2.45) is 0 Å². The minimum atomic E-state index is -0.969. The molecule has 55 heavy (non-hydrogen) atoms. The molecule has 9 rings (SSSR count). The van der Waals surface area contributed by atoms with E-state index in [0.717, 1.165) is 97.4 Å². The second-order valence-corrected chi connectivity index (χ2v) is 16.0. The van der Waals surface area contributed by atoms with Crippen molar-refractivity contribution < 1.29 is 28.7 Å². The molecular weight excluding hydrogens is 720 g/mol. The maximum atomic E-state index is 13.5. The zero-order valence-corrected chi connectivity index (χ0v) is 31.1. The predicted octanol–water partition coefficient (Wildman–Crippen LogP) is 4.99. The summed E-state index contributed by atoms with van der Waals surface area (Å²) in [5, 5.41) is 11.8. The average molecular weight is 761 g/mol. The summed E-state index contributed by atoms with van der Waals surface area (Å²) in [6, 6.07) is 16.8. The lowest BCUT2D eigenvalue weighted by molar-refractivity contribution is -0.136. The van der Waals surface area contributed by atoms with Gasteiger partial charge >= 0.3 is 0 Å². The van der Waals surface area contributed by atoms with Crippen LogP contribution in [0.4, 0.5) is 5.69 Å². The van der Waals surface area contributed by atoms with Gasteiger partial charge in [0.25, 0.3) is 17.7 Å². The van der Waals surface area contributed by atoms with Gasteiger partial charge in [-0.05, 0) is 111 Å². The van der Waals surface area contributed by atoms with E-state index in [1.165, 1.54) is 0 Å². The number of anilines is 1. The smallest absolute Gasteiger partial charge is 0.262 e. The number of amides is 5. The molecule has 5 aliphatic heterocycles. The summed E-state index contributed by atoms with van der Waals surface area (Å²) in [7, 11) is 0. The number of halogens is 1. The van der Waals surface area contributed by atoms with Gasteiger partial charge in [-0.25, -0.2) is 0 Å². The summed E-state index contributed by atoms with van der Waals surface area (Å²) < 4.78 is 6.18. The molecule has 1 unspecified atom stereocenters. The van der Waals surface area contributed by atoms with E-state index in [1.54, 1.807) is 18.2 Å². The largest absolute Gasteiger partial charge is 0.490 e. The molecule has 3 aromatic carbocycles. The molecule has 6 aliphatic rings. The fourth-order valence-corrected chi connectivity index (χ4v) is 9.71. The van der Waals surface area contributed by atoms with Crippen molar-refractivity contribution in [1.82, 2.24) is 20.0 Å². The minimum absolute atomic E-state index is 0.0444. The minimum Gasteiger partial charge on any atom is -0.490 e. The fourth-order valence-electron chi connectivity index (χ4n) is 9.50. The molecule has 0 aromatic heterocycles. The van der Waals surface area contributed by atoms with Crippen LogP contribution in [0.25, 0.3) is 0 Å². The summed E-state index contributed by atoms with van der Waals surface area (Å²) in [5.74, 6) is -1.15. The third-order valence-electron chi connectivity index (χ3n) is 12.5. The Hall–Kier alpha value is -5.25.